The van der Waals surface area contributed by atoms with Crippen molar-refractivity contribution in [3.05, 3.63) is 59.7 Å². The van der Waals surface area contributed by atoms with Crippen molar-refractivity contribution in [1.82, 2.24) is 0 Å². The largest absolute Gasteiger partial charge is 0.428 e. The van der Waals surface area contributed by atoms with Crippen molar-refractivity contribution in [1.29, 1.82) is 0 Å². The molecule has 1 heterocycles. The predicted molar refractivity (Wildman–Crippen MR) is 62.3 cm³/mol. The SMILES string of the molecule is O=C1OC(O)c2cccc(-c3ccccc3)c21. The van der Waals surface area contributed by atoms with E-state index in [1.807, 2.05) is 42.5 Å². The molecule has 3 heteroatoms. The third kappa shape index (κ3) is 1.52. The predicted octanol–water partition coefficient (Wildman–Crippen LogP) is 2.51. The van der Waals surface area contributed by atoms with Crippen molar-refractivity contribution >= 4 is 5.97 Å². The molecule has 1 aliphatic heterocycles. The normalized spacial score (nSPS) is 17.7. The first-order valence-electron chi connectivity index (χ1n) is 5.35. The molecular formula is C14H10O3. The average molecular weight is 226 g/mol. The van der Waals surface area contributed by atoms with E-state index < -0.39 is 12.3 Å². The van der Waals surface area contributed by atoms with Crippen molar-refractivity contribution in [3.63, 3.8) is 0 Å². The van der Waals surface area contributed by atoms with Gasteiger partial charge in [0.2, 0.25) is 6.29 Å². The zero-order chi connectivity index (χ0) is 11.8. The van der Waals surface area contributed by atoms with Crippen LogP contribution in [0.5, 0.6) is 0 Å². The minimum absolute atomic E-state index is 0.464. The molecule has 2 aromatic carbocycles. The Morgan fingerprint density at radius 2 is 1.76 bits per heavy atom. The lowest BCUT2D eigenvalue weighted by molar-refractivity contribution is -0.0547. The molecule has 17 heavy (non-hydrogen) atoms. The number of esters is 1. The van der Waals surface area contributed by atoms with Crippen LogP contribution in [0.2, 0.25) is 0 Å². The molecule has 0 fully saturated rings. The van der Waals surface area contributed by atoms with Crippen molar-refractivity contribution in [2.24, 2.45) is 0 Å². The fraction of sp³-hybridized carbons (Fsp3) is 0.0714. The highest BCUT2D eigenvalue weighted by Crippen LogP contribution is 2.35. The Morgan fingerprint density at radius 1 is 1.00 bits per heavy atom. The number of aliphatic hydroxyl groups is 1. The second kappa shape index (κ2) is 3.71. The van der Waals surface area contributed by atoms with Gasteiger partial charge in [-0.1, -0.05) is 48.5 Å². The first-order valence-corrected chi connectivity index (χ1v) is 5.35. The lowest BCUT2D eigenvalue weighted by Gasteiger charge is -2.05. The van der Waals surface area contributed by atoms with E-state index in [0.717, 1.165) is 11.1 Å². The summed E-state index contributed by atoms with van der Waals surface area (Å²) in [7, 11) is 0. The summed E-state index contributed by atoms with van der Waals surface area (Å²) >= 11 is 0. The van der Waals surface area contributed by atoms with Crippen LogP contribution in [-0.2, 0) is 4.74 Å². The van der Waals surface area contributed by atoms with Crippen LogP contribution in [0.3, 0.4) is 0 Å². The molecule has 3 rings (SSSR count). The molecule has 0 aliphatic carbocycles. The smallest absolute Gasteiger partial charge is 0.341 e. The zero-order valence-electron chi connectivity index (χ0n) is 8.96. The summed E-state index contributed by atoms with van der Waals surface area (Å²) in [6.07, 6.45) is -1.14. The lowest BCUT2D eigenvalue weighted by atomic mass is 9.96. The fourth-order valence-corrected chi connectivity index (χ4v) is 2.09. The van der Waals surface area contributed by atoms with E-state index in [0.29, 0.717) is 11.1 Å². The second-order valence-corrected chi connectivity index (χ2v) is 3.89. The first-order chi connectivity index (χ1) is 8.27. The number of carbonyl (C=O) groups is 1. The first kappa shape index (κ1) is 10.1. The highest BCUT2D eigenvalue weighted by atomic mass is 16.6. The number of fused-ring (bicyclic) bond motifs is 1. The summed E-state index contributed by atoms with van der Waals surface area (Å²) in [5.74, 6) is -0.466. The Labute approximate surface area is 98.3 Å². The van der Waals surface area contributed by atoms with Gasteiger partial charge in [0.25, 0.3) is 0 Å². The van der Waals surface area contributed by atoms with Gasteiger partial charge in [-0.3, -0.25) is 0 Å². The molecule has 1 N–H and O–H groups in total. The Hall–Kier alpha value is -2.13. The molecule has 84 valence electrons. The van der Waals surface area contributed by atoms with E-state index >= 15 is 0 Å². The molecule has 1 aliphatic rings. The highest BCUT2D eigenvalue weighted by molar-refractivity contribution is 6.01. The minimum Gasteiger partial charge on any atom is -0.428 e. The van der Waals surface area contributed by atoms with Gasteiger partial charge in [-0.05, 0) is 11.1 Å². The number of carbonyl (C=O) groups excluding carboxylic acids is 1. The van der Waals surface area contributed by atoms with E-state index in [2.05, 4.69) is 0 Å². The molecular weight excluding hydrogens is 216 g/mol. The summed E-state index contributed by atoms with van der Waals surface area (Å²) in [5, 5.41) is 9.58. The number of cyclic esters (lactones) is 1. The van der Waals surface area contributed by atoms with Crippen LogP contribution in [0.1, 0.15) is 22.2 Å². The zero-order valence-corrected chi connectivity index (χ0v) is 8.96. The van der Waals surface area contributed by atoms with Crippen LogP contribution in [0.25, 0.3) is 11.1 Å². The maximum atomic E-state index is 11.7. The van der Waals surface area contributed by atoms with Crippen LogP contribution in [0.4, 0.5) is 0 Å². The monoisotopic (exact) mass is 226 g/mol. The maximum absolute atomic E-state index is 11.7. The summed E-state index contributed by atoms with van der Waals surface area (Å²) in [5.41, 5.74) is 2.74. The number of benzene rings is 2. The number of hydrogen-bond acceptors (Lipinski definition) is 3. The topological polar surface area (TPSA) is 46.5 Å². The van der Waals surface area contributed by atoms with Gasteiger partial charge in [-0.2, -0.15) is 0 Å². The van der Waals surface area contributed by atoms with Crippen molar-refractivity contribution in [2.75, 3.05) is 0 Å². The Balaban J connectivity index is 2.24. The van der Waals surface area contributed by atoms with E-state index in [1.165, 1.54) is 0 Å². The number of aliphatic hydroxyl groups excluding tert-OH is 1. The lowest BCUT2D eigenvalue weighted by Crippen LogP contribution is -1.97. The van der Waals surface area contributed by atoms with E-state index in [1.54, 1.807) is 6.07 Å². The summed E-state index contributed by atoms with van der Waals surface area (Å²) in [4.78, 5) is 11.7. The Kier molecular flexibility index (Phi) is 2.20. The molecule has 0 spiro atoms. The quantitative estimate of drug-likeness (QED) is 0.760. The van der Waals surface area contributed by atoms with Crippen molar-refractivity contribution in [2.45, 2.75) is 6.29 Å². The summed E-state index contributed by atoms with van der Waals surface area (Å²) in [6.45, 7) is 0. The summed E-state index contributed by atoms with van der Waals surface area (Å²) < 4.78 is 4.81. The molecule has 0 bridgehead atoms. The standard InChI is InChI=1S/C14H10O3/c15-13-11-8-4-7-10(12(11)14(16)17-13)9-5-2-1-3-6-9/h1-8,13,15H. The Bertz CT molecular complexity index is 575. The van der Waals surface area contributed by atoms with Crippen LogP contribution in [0, 0.1) is 0 Å². The van der Waals surface area contributed by atoms with E-state index in [9.17, 15) is 9.90 Å². The van der Waals surface area contributed by atoms with Crippen LogP contribution < -0.4 is 0 Å². The molecule has 0 saturated heterocycles. The maximum Gasteiger partial charge on any atom is 0.341 e. The number of ether oxygens (including phenoxy) is 1. The second-order valence-electron chi connectivity index (χ2n) is 3.89. The highest BCUT2D eigenvalue weighted by Gasteiger charge is 2.31. The number of hydrogen-bond donors (Lipinski definition) is 1. The summed E-state index contributed by atoms with van der Waals surface area (Å²) in [6, 6.07) is 15.0. The van der Waals surface area contributed by atoms with Crippen molar-refractivity contribution in [3.8, 4) is 11.1 Å². The van der Waals surface area contributed by atoms with Crippen molar-refractivity contribution < 1.29 is 14.6 Å². The van der Waals surface area contributed by atoms with Gasteiger partial charge >= 0.3 is 5.97 Å². The van der Waals surface area contributed by atoms with E-state index in [-0.39, 0.29) is 0 Å². The van der Waals surface area contributed by atoms with E-state index in [4.69, 9.17) is 4.74 Å². The van der Waals surface area contributed by atoms with Crippen LogP contribution >= 0.6 is 0 Å². The van der Waals surface area contributed by atoms with Gasteiger partial charge in [-0.15, -0.1) is 0 Å². The Morgan fingerprint density at radius 3 is 2.53 bits per heavy atom. The molecule has 1 unspecified atom stereocenters. The average Bonchev–Trinajstić information content (AvgIpc) is 2.66. The molecule has 0 aromatic heterocycles. The molecule has 0 radical (unpaired) electrons. The van der Waals surface area contributed by atoms with Gasteiger partial charge in [0.1, 0.15) is 0 Å². The van der Waals surface area contributed by atoms with Gasteiger partial charge in [0.15, 0.2) is 0 Å². The molecule has 2 aromatic rings. The molecule has 0 amide bonds. The molecule has 1 atom stereocenters. The molecule has 3 nitrogen and oxygen atoms in total. The fourth-order valence-electron chi connectivity index (χ4n) is 2.09. The molecule has 0 saturated carbocycles. The minimum atomic E-state index is -1.14. The van der Waals surface area contributed by atoms with Gasteiger partial charge in [-0.25, -0.2) is 4.79 Å². The van der Waals surface area contributed by atoms with Gasteiger partial charge in [0, 0.05) is 5.56 Å². The van der Waals surface area contributed by atoms with Gasteiger partial charge < -0.3 is 9.84 Å². The third-order valence-corrected chi connectivity index (χ3v) is 2.87. The third-order valence-electron chi connectivity index (χ3n) is 2.87. The van der Waals surface area contributed by atoms with Crippen LogP contribution in [0.15, 0.2) is 48.5 Å². The number of rotatable bonds is 1. The van der Waals surface area contributed by atoms with Crippen LogP contribution in [-0.4, -0.2) is 11.1 Å². The van der Waals surface area contributed by atoms with Gasteiger partial charge in [0.05, 0.1) is 5.56 Å².